The summed E-state index contributed by atoms with van der Waals surface area (Å²) in [6, 6.07) is -0.178. The average molecular weight is 487 g/mol. The van der Waals surface area contributed by atoms with Crippen LogP contribution >= 0.6 is 0 Å². The van der Waals surface area contributed by atoms with E-state index < -0.39 is 72.2 Å². The molecule has 0 bridgehead atoms. The van der Waals surface area contributed by atoms with Crippen molar-refractivity contribution in [2.24, 2.45) is 12.3 Å². The van der Waals surface area contributed by atoms with E-state index >= 15 is 0 Å². The third-order valence-electron chi connectivity index (χ3n) is 4.68. The van der Waals surface area contributed by atoms with E-state index in [9.17, 15) is 29.2 Å². The molecule has 1 saturated heterocycles. The molecule has 1 aromatic rings. The highest BCUT2D eigenvalue weighted by Gasteiger charge is 2.52. The molecular weight excluding hydrogens is 462 g/mol. The number of anilines is 2. The number of nitrogens with two attached hydrogens (primary N) is 1. The van der Waals surface area contributed by atoms with Crippen LogP contribution < -0.4 is 21.0 Å². The van der Waals surface area contributed by atoms with Crippen LogP contribution in [0.2, 0.25) is 0 Å². The highest BCUT2D eigenvalue weighted by atomic mass is 16.6. The van der Waals surface area contributed by atoms with Crippen molar-refractivity contribution in [2.45, 2.75) is 51.4 Å². The standard InChI is InChI=1S/C18H25N5O11/c1-7(24)31-6-10-13(32-8(2)25)14(33-9(3)26)12(27)17(34-10)23(21-29)11-15(19)20-18(30-5)22(4)16(11)28/h10,12-14,17,27H,6,19H2,1-5H3/t10-,12-,13-,14-,17-/m1/s1. The van der Waals surface area contributed by atoms with Gasteiger partial charge in [-0.1, -0.05) is 0 Å². The number of aliphatic hydroxyl groups is 1. The highest BCUT2D eigenvalue weighted by Crippen LogP contribution is 2.32. The predicted molar refractivity (Wildman–Crippen MR) is 111 cm³/mol. The number of ether oxygens (including phenoxy) is 5. The van der Waals surface area contributed by atoms with Crippen molar-refractivity contribution >= 4 is 29.4 Å². The normalized spacial score (nSPS) is 24.0. The quantitative estimate of drug-likeness (QED) is 0.182. The molecule has 34 heavy (non-hydrogen) atoms. The summed E-state index contributed by atoms with van der Waals surface area (Å²) in [5, 5.41) is 14.1. The van der Waals surface area contributed by atoms with Crippen molar-refractivity contribution < 1.29 is 43.2 Å². The summed E-state index contributed by atoms with van der Waals surface area (Å²) >= 11 is 0. The molecule has 1 aromatic heterocycles. The molecular formula is C18H25N5O11. The van der Waals surface area contributed by atoms with E-state index in [-0.39, 0.29) is 6.01 Å². The first-order chi connectivity index (χ1) is 15.9. The van der Waals surface area contributed by atoms with Crippen molar-refractivity contribution in [3.05, 3.63) is 15.3 Å². The summed E-state index contributed by atoms with van der Waals surface area (Å²) in [5.74, 6) is -2.91. The maximum Gasteiger partial charge on any atom is 0.303 e. The number of nitrogen functional groups attached to an aromatic ring is 1. The van der Waals surface area contributed by atoms with Gasteiger partial charge in [-0.25, -0.2) is 0 Å². The highest BCUT2D eigenvalue weighted by molar-refractivity contribution is 5.68. The molecule has 16 heteroatoms. The van der Waals surface area contributed by atoms with Gasteiger partial charge in [0.1, 0.15) is 18.8 Å². The van der Waals surface area contributed by atoms with Crippen LogP contribution in [0.3, 0.4) is 0 Å². The van der Waals surface area contributed by atoms with Crippen molar-refractivity contribution in [2.75, 3.05) is 24.5 Å². The largest absolute Gasteiger partial charge is 0.468 e. The summed E-state index contributed by atoms with van der Waals surface area (Å²) in [7, 11) is 2.52. The Morgan fingerprint density at radius 3 is 2.26 bits per heavy atom. The van der Waals surface area contributed by atoms with Crippen molar-refractivity contribution in [3.8, 4) is 6.01 Å². The van der Waals surface area contributed by atoms with Crippen LogP contribution in [0.5, 0.6) is 6.01 Å². The van der Waals surface area contributed by atoms with E-state index in [0.29, 0.717) is 5.01 Å². The zero-order valence-electron chi connectivity index (χ0n) is 19.0. The van der Waals surface area contributed by atoms with E-state index in [2.05, 4.69) is 10.3 Å². The SMILES string of the molecule is COc1nc(N)c(N(N=O)[C@@H]2O[C@H](COC(C)=O)[C@@H](OC(C)=O)[C@H](OC(C)=O)[C@H]2O)c(=O)n1C. The molecule has 1 aliphatic heterocycles. The Balaban J connectivity index is 2.60. The van der Waals surface area contributed by atoms with Gasteiger partial charge in [0.2, 0.25) is 0 Å². The summed E-state index contributed by atoms with van der Waals surface area (Å²) in [4.78, 5) is 63.2. The number of carbonyl (C=O) groups excluding carboxylic acids is 3. The van der Waals surface area contributed by atoms with Gasteiger partial charge in [0.05, 0.1) is 12.4 Å². The van der Waals surface area contributed by atoms with Crippen molar-refractivity contribution in [1.82, 2.24) is 9.55 Å². The molecule has 2 heterocycles. The molecule has 0 amide bonds. The minimum Gasteiger partial charge on any atom is -0.468 e. The minimum absolute atomic E-state index is 0.178. The first-order valence-corrected chi connectivity index (χ1v) is 9.77. The number of hydrogen-bond acceptors (Lipinski definition) is 14. The Kier molecular flexibility index (Phi) is 8.47. The second-order valence-corrected chi connectivity index (χ2v) is 7.13. The first kappa shape index (κ1) is 26.5. The molecule has 0 saturated carbocycles. The zero-order chi connectivity index (χ0) is 25.7. The topological polar surface area (TPSA) is 211 Å². The number of aliphatic hydroxyl groups excluding tert-OH is 1. The lowest BCUT2D eigenvalue weighted by Gasteiger charge is -2.44. The lowest BCUT2D eigenvalue weighted by Crippen LogP contribution is -2.65. The summed E-state index contributed by atoms with van der Waals surface area (Å²) in [6.07, 6.45) is -8.12. The Morgan fingerprint density at radius 1 is 1.18 bits per heavy atom. The second-order valence-electron chi connectivity index (χ2n) is 7.13. The zero-order valence-corrected chi connectivity index (χ0v) is 19.0. The lowest BCUT2D eigenvalue weighted by molar-refractivity contribution is -0.247. The predicted octanol–water partition coefficient (Wildman–Crippen LogP) is -1.63. The van der Waals surface area contributed by atoms with Gasteiger partial charge >= 0.3 is 23.9 Å². The van der Waals surface area contributed by atoms with E-state index in [0.717, 1.165) is 25.3 Å². The molecule has 0 aromatic carbocycles. The molecule has 0 spiro atoms. The molecule has 1 aliphatic rings. The van der Waals surface area contributed by atoms with Crippen LogP contribution in [-0.4, -0.2) is 76.9 Å². The Morgan fingerprint density at radius 2 is 1.76 bits per heavy atom. The van der Waals surface area contributed by atoms with Crippen LogP contribution in [-0.2, 0) is 40.4 Å². The van der Waals surface area contributed by atoms with E-state index in [1.165, 1.54) is 14.2 Å². The number of hydrogen-bond donors (Lipinski definition) is 2. The van der Waals surface area contributed by atoms with Gasteiger partial charge in [-0.2, -0.15) is 9.99 Å². The second kappa shape index (κ2) is 10.9. The molecule has 5 atom stereocenters. The van der Waals surface area contributed by atoms with Gasteiger partial charge in [-0.05, 0) is 0 Å². The van der Waals surface area contributed by atoms with Crippen LogP contribution in [0.1, 0.15) is 20.8 Å². The van der Waals surface area contributed by atoms with Gasteiger partial charge in [0.25, 0.3) is 5.56 Å². The van der Waals surface area contributed by atoms with Crippen molar-refractivity contribution in [1.29, 1.82) is 0 Å². The number of rotatable bonds is 8. The number of nitrogens with zero attached hydrogens (tertiary/aromatic N) is 4. The van der Waals surface area contributed by atoms with E-state index in [1.54, 1.807) is 0 Å². The summed E-state index contributed by atoms with van der Waals surface area (Å²) in [6.45, 7) is 2.65. The third kappa shape index (κ3) is 5.57. The fraction of sp³-hybridized carbons (Fsp3) is 0.611. The van der Waals surface area contributed by atoms with Crippen LogP contribution in [0.15, 0.2) is 10.1 Å². The molecule has 16 nitrogen and oxygen atoms in total. The Hall–Kier alpha value is -3.79. The molecule has 2 rings (SSSR count). The van der Waals surface area contributed by atoms with Crippen LogP contribution in [0, 0.1) is 4.91 Å². The Bertz CT molecular complexity index is 1010. The van der Waals surface area contributed by atoms with Gasteiger partial charge < -0.3 is 34.5 Å². The van der Waals surface area contributed by atoms with Gasteiger partial charge in [-0.3, -0.25) is 23.7 Å². The van der Waals surface area contributed by atoms with Crippen LogP contribution in [0.4, 0.5) is 11.5 Å². The summed E-state index contributed by atoms with van der Waals surface area (Å²) < 4.78 is 26.7. The molecule has 0 unspecified atom stereocenters. The lowest BCUT2D eigenvalue weighted by atomic mass is 9.97. The molecule has 0 radical (unpaired) electrons. The fourth-order valence-electron chi connectivity index (χ4n) is 3.30. The maximum absolute atomic E-state index is 12.8. The van der Waals surface area contributed by atoms with Crippen LogP contribution in [0.25, 0.3) is 0 Å². The van der Waals surface area contributed by atoms with Gasteiger partial charge in [0, 0.05) is 27.8 Å². The molecule has 0 aliphatic carbocycles. The number of carbonyl (C=O) groups is 3. The number of aromatic nitrogens is 2. The Labute approximate surface area is 192 Å². The number of nitroso groups, excluding NO2 is 1. The summed E-state index contributed by atoms with van der Waals surface area (Å²) in [5.41, 5.74) is 4.36. The molecule has 188 valence electrons. The van der Waals surface area contributed by atoms with Crippen molar-refractivity contribution in [3.63, 3.8) is 0 Å². The monoisotopic (exact) mass is 487 g/mol. The van der Waals surface area contributed by atoms with E-state index in [4.69, 9.17) is 29.4 Å². The van der Waals surface area contributed by atoms with Gasteiger partial charge in [0.15, 0.2) is 29.9 Å². The third-order valence-corrected chi connectivity index (χ3v) is 4.68. The van der Waals surface area contributed by atoms with E-state index in [1.807, 2.05) is 0 Å². The number of esters is 3. The molecule has 1 fully saturated rings. The number of methoxy groups -OCH3 is 1. The molecule has 3 N–H and O–H groups in total. The smallest absolute Gasteiger partial charge is 0.303 e. The van der Waals surface area contributed by atoms with Gasteiger partial charge in [-0.15, -0.1) is 4.91 Å². The maximum atomic E-state index is 12.8. The average Bonchev–Trinajstić information content (AvgIpc) is 2.75. The minimum atomic E-state index is -1.90. The first-order valence-electron chi connectivity index (χ1n) is 9.77. The fourth-order valence-corrected chi connectivity index (χ4v) is 3.30.